The monoisotopic (exact) mass is 381 g/mol. The zero-order chi connectivity index (χ0) is 16.9. The summed E-state index contributed by atoms with van der Waals surface area (Å²) in [4.78, 5) is 17.4. The average molecular weight is 381 g/mol. The Morgan fingerprint density at radius 2 is 2.12 bits per heavy atom. The zero-order valence-electron chi connectivity index (χ0n) is 13.9. The van der Waals surface area contributed by atoms with E-state index in [-0.39, 0.29) is 26.9 Å². The Morgan fingerprint density at radius 1 is 1.32 bits per heavy atom. The summed E-state index contributed by atoms with van der Waals surface area (Å²) in [5.41, 5.74) is 3.18. The molecule has 6 nitrogen and oxygen atoms in total. The smallest absolute Gasteiger partial charge is 0.145 e. The summed E-state index contributed by atoms with van der Waals surface area (Å²) in [5.74, 6) is 0. The fourth-order valence-corrected chi connectivity index (χ4v) is 3.08. The molecule has 4 aromatic rings. The fourth-order valence-electron chi connectivity index (χ4n) is 3.08. The molecule has 0 aliphatic heterocycles. The van der Waals surface area contributed by atoms with E-state index in [2.05, 4.69) is 16.4 Å². The standard InChI is InChI=1S/C18H18N4O2.Co/c1-22(2,24)10-9-19-13-7-8-14-17-16(13)18(23)12-5-3-4-6-15(12)21(17)11-20-14;/h4-8,11,19,24H,9-10H2,1-2H3;. The Kier molecular flexibility index (Phi) is 4.42. The molecule has 131 valence electrons. The Balaban J connectivity index is 0.00000182. The molecule has 0 aliphatic carbocycles. The third kappa shape index (κ3) is 2.95. The first-order chi connectivity index (χ1) is 11.5. The number of imidazole rings is 1. The van der Waals surface area contributed by atoms with Crippen LogP contribution in [0.1, 0.15) is 0 Å². The van der Waals surface area contributed by atoms with Crippen LogP contribution in [0.5, 0.6) is 0 Å². The van der Waals surface area contributed by atoms with Crippen molar-refractivity contribution in [2.75, 3.05) is 32.5 Å². The number of fused-ring (bicyclic) bond motifs is 2. The van der Waals surface area contributed by atoms with Crippen LogP contribution in [0.4, 0.5) is 5.69 Å². The summed E-state index contributed by atoms with van der Waals surface area (Å²) in [6.45, 7) is 1.08. The van der Waals surface area contributed by atoms with Crippen molar-refractivity contribution in [3.8, 4) is 0 Å². The second-order valence-electron chi connectivity index (χ2n) is 6.51. The minimum absolute atomic E-state index is 0. The molecule has 7 heteroatoms. The first-order valence-corrected chi connectivity index (χ1v) is 7.80. The molecule has 0 bridgehead atoms. The SMILES string of the molecule is C[N+](C)(O)CCNc1ccc2ncn3c4cc[c-]cc4c(=O)c1c23.[Co]. The maximum absolute atomic E-state index is 13.0. The van der Waals surface area contributed by atoms with Crippen molar-refractivity contribution in [2.24, 2.45) is 0 Å². The molecular weight excluding hydrogens is 363 g/mol. The van der Waals surface area contributed by atoms with E-state index in [9.17, 15) is 10.0 Å². The van der Waals surface area contributed by atoms with Crippen LogP contribution in [0.15, 0.2) is 41.5 Å². The number of pyridine rings is 1. The third-order valence-corrected chi connectivity index (χ3v) is 4.26. The van der Waals surface area contributed by atoms with Crippen molar-refractivity contribution in [1.82, 2.24) is 9.38 Å². The molecule has 1 radical (unpaired) electrons. The number of nitrogens with one attached hydrogen (secondary N) is 1. The number of aromatic nitrogens is 2. The average Bonchev–Trinajstić information content (AvgIpc) is 2.96. The van der Waals surface area contributed by atoms with Crippen LogP contribution < -0.4 is 10.7 Å². The van der Waals surface area contributed by atoms with Gasteiger partial charge in [0.1, 0.15) is 12.0 Å². The topological polar surface area (TPSA) is 66.6 Å². The molecule has 4 rings (SSSR count). The number of likely N-dealkylation sites (N-methyl/N-ethyl adjacent to an activating group) is 1. The van der Waals surface area contributed by atoms with E-state index in [1.54, 1.807) is 32.6 Å². The molecule has 2 aromatic carbocycles. The number of anilines is 1. The van der Waals surface area contributed by atoms with Gasteiger partial charge >= 0.3 is 0 Å². The molecular formula is C18H18CoN4O2. The van der Waals surface area contributed by atoms with Gasteiger partial charge < -0.3 is 14.5 Å². The van der Waals surface area contributed by atoms with E-state index in [0.717, 1.165) is 22.2 Å². The normalized spacial score (nSPS) is 12.0. The molecule has 0 amide bonds. The van der Waals surface area contributed by atoms with E-state index >= 15 is 0 Å². The predicted molar refractivity (Wildman–Crippen MR) is 93.7 cm³/mol. The van der Waals surface area contributed by atoms with Crippen molar-refractivity contribution in [3.05, 3.63) is 52.9 Å². The largest absolute Gasteiger partial charge is 0.379 e. The van der Waals surface area contributed by atoms with Gasteiger partial charge in [0.25, 0.3) is 0 Å². The third-order valence-electron chi connectivity index (χ3n) is 4.26. The van der Waals surface area contributed by atoms with Crippen LogP contribution in [0.2, 0.25) is 0 Å². The molecule has 0 aliphatic rings. The maximum atomic E-state index is 13.0. The van der Waals surface area contributed by atoms with Crippen LogP contribution in [-0.4, -0.2) is 46.4 Å². The predicted octanol–water partition coefficient (Wildman–Crippen LogP) is 2.11. The summed E-state index contributed by atoms with van der Waals surface area (Å²) in [5, 5.41) is 14.3. The number of rotatable bonds is 4. The van der Waals surface area contributed by atoms with E-state index in [1.807, 2.05) is 22.6 Å². The van der Waals surface area contributed by atoms with Crippen LogP contribution in [0.25, 0.3) is 27.3 Å². The van der Waals surface area contributed by atoms with Crippen molar-refractivity contribution < 1.29 is 26.6 Å². The Bertz CT molecular complexity index is 1100. The number of hydrogen-bond acceptors (Lipinski definition) is 4. The van der Waals surface area contributed by atoms with Gasteiger partial charge in [-0.3, -0.25) is 0 Å². The van der Waals surface area contributed by atoms with Crippen LogP contribution in [0, 0.1) is 6.07 Å². The van der Waals surface area contributed by atoms with E-state index in [1.165, 1.54) is 0 Å². The van der Waals surface area contributed by atoms with Gasteiger partial charge in [0.15, 0.2) is 0 Å². The fraction of sp³-hybridized carbons (Fsp3) is 0.222. The second-order valence-corrected chi connectivity index (χ2v) is 6.51. The Labute approximate surface area is 154 Å². The van der Waals surface area contributed by atoms with Crippen LogP contribution in [0.3, 0.4) is 0 Å². The van der Waals surface area contributed by atoms with Crippen LogP contribution in [-0.2, 0) is 16.8 Å². The molecule has 2 aromatic heterocycles. The van der Waals surface area contributed by atoms with Gasteiger partial charge in [-0.2, -0.15) is 22.8 Å². The first kappa shape index (κ1) is 17.6. The molecule has 2 N–H and O–H groups in total. The molecule has 0 saturated carbocycles. The second kappa shape index (κ2) is 6.27. The summed E-state index contributed by atoms with van der Waals surface area (Å²) >= 11 is 0. The van der Waals surface area contributed by atoms with E-state index in [4.69, 9.17) is 0 Å². The van der Waals surface area contributed by atoms with Crippen molar-refractivity contribution >= 4 is 33.0 Å². The molecule has 0 fully saturated rings. The number of quaternary nitrogens is 1. The van der Waals surface area contributed by atoms with Gasteiger partial charge in [0.2, 0.25) is 0 Å². The molecule has 0 atom stereocenters. The van der Waals surface area contributed by atoms with Gasteiger partial charge in [-0.25, -0.2) is 10.2 Å². The van der Waals surface area contributed by atoms with Gasteiger partial charge in [0, 0.05) is 22.5 Å². The minimum Gasteiger partial charge on any atom is -0.379 e. The zero-order valence-corrected chi connectivity index (χ0v) is 14.9. The number of benzene rings is 2. The number of hydroxylamine groups is 3. The molecule has 0 spiro atoms. The van der Waals surface area contributed by atoms with Crippen molar-refractivity contribution in [2.45, 2.75) is 0 Å². The molecule has 0 unspecified atom stereocenters. The Hall–Kier alpha value is -2.19. The van der Waals surface area contributed by atoms with Gasteiger partial charge in [0.05, 0.1) is 43.4 Å². The first-order valence-electron chi connectivity index (χ1n) is 7.80. The quantitative estimate of drug-likeness (QED) is 0.246. The van der Waals surface area contributed by atoms with E-state index in [0.29, 0.717) is 23.9 Å². The Morgan fingerprint density at radius 3 is 2.88 bits per heavy atom. The minimum atomic E-state index is -0.131. The number of nitrogens with zero attached hydrogens (tertiary/aromatic N) is 3. The summed E-state index contributed by atoms with van der Waals surface area (Å²) in [7, 11) is 3.42. The van der Waals surface area contributed by atoms with Crippen molar-refractivity contribution in [1.29, 1.82) is 0 Å². The van der Waals surface area contributed by atoms with Gasteiger partial charge in [-0.15, -0.1) is 6.07 Å². The van der Waals surface area contributed by atoms with Gasteiger partial charge in [-0.1, -0.05) is 10.9 Å². The van der Waals surface area contributed by atoms with Crippen molar-refractivity contribution in [3.63, 3.8) is 0 Å². The van der Waals surface area contributed by atoms with Gasteiger partial charge in [-0.05, 0) is 12.1 Å². The maximum Gasteiger partial charge on any atom is 0.145 e. The molecule has 0 saturated heterocycles. The molecule has 2 heterocycles. The molecule has 25 heavy (non-hydrogen) atoms. The summed E-state index contributed by atoms with van der Waals surface area (Å²) in [6, 6.07) is 12.2. The van der Waals surface area contributed by atoms with Crippen LogP contribution >= 0.6 is 0 Å². The number of hydrogen-bond donors (Lipinski definition) is 2. The summed E-state index contributed by atoms with van der Waals surface area (Å²) < 4.78 is 1.82. The van der Waals surface area contributed by atoms with E-state index < -0.39 is 0 Å². The summed E-state index contributed by atoms with van der Waals surface area (Å²) in [6.07, 6.45) is 1.75.